The fourth-order valence-corrected chi connectivity index (χ4v) is 2.24. The zero-order chi connectivity index (χ0) is 16.3. The van der Waals surface area contributed by atoms with Crippen LogP contribution in [-0.2, 0) is 11.3 Å². The number of thiocarbonyl (C=S) groups is 1. The zero-order valence-corrected chi connectivity index (χ0v) is 14.1. The topological polar surface area (TPSA) is 42.5 Å². The molecule has 0 radical (unpaired) electrons. The summed E-state index contributed by atoms with van der Waals surface area (Å²) in [7, 11) is 1.64. The molecule has 0 aromatic heterocycles. The van der Waals surface area contributed by atoms with Crippen molar-refractivity contribution in [1.29, 1.82) is 0 Å². The van der Waals surface area contributed by atoms with Gasteiger partial charge in [-0.3, -0.25) is 0 Å². The predicted octanol–water partition coefficient (Wildman–Crippen LogP) is 3.59. The van der Waals surface area contributed by atoms with Crippen molar-refractivity contribution in [1.82, 2.24) is 5.32 Å². The van der Waals surface area contributed by atoms with Gasteiger partial charge in [0.05, 0.1) is 13.7 Å². The van der Waals surface area contributed by atoms with Gasteiger partial charge in [-0.1, -0.05) is 36.4 Å². The highest BCUT2D eigenvalue weighted by atomic mass is 32.1. The van der Waals surface area contributed by atoms with Crippen molar-refractivity contribution in [3.8, 4) is 5.75 Å². The first kappa shape index (κ1) is 17.2. The Kier molecular flexibility index (Phi) is 7.36. The van der Waals surface area contributed by atoms with Crippen molar-refractivity contribution in [3.05, 3.63) is 60.2 Å². The van der Waals surface area contributed by atoms with Crippen LogP contribution >= 0.6 is 12.2 Å². The van der Waals surface area contributed by atoms with Crippen LogP contribution in [0.15, 0.2) is 54.6 Å². The van der Waals surface area contributed by atoms with E-state index in [9.17, 15) is 0 Å². The van der Waals surface area contributed by atoms with Crippen LogP contribution in [0.4, 0.5) is 5.69 Å². The molecule has 0 amide bonds. The molecule has 5 heteroatoms. The summed E-state index contributed by atoms with van der Waals surface area (Å²) in [6.45, 7) is 2.11. The third-order valence-corrected chi connectivity index (χ3v) is 3.44. The quantitative estimate of drug-likeness (QED) is 0.572. The van der Waals surface area contributed by atoms with E-state index in [1.807, 2.05) is 42.5 Å². The first-order chi connectivity index (χ1) is 11.3. The van der Waals surface area contributed by atoms with Crippen molar-refractivity contribution in [2.45, 2.75) is 13.0 Å². The molecule has 0 aliphatic carbocycles. The molecule has 4 nitrogen and oxygen atoms in total. The van der Waals surface area contributed by atoms with E-state index in [0.29, 0.717) is 18.3 Å². The Morgan fingerprint density at radius 2 is 1.91 bits per heavy atom. The van der Waals surface area contributed by atoms with Gasteiger partial charge >= 0.3 is 0 Å². The Bertz CT molecular complexity index is 605. The second-order valence-corrected chi connectivity index (χ2v) is 5.41. The summed E-state index contributed by atoms with van der Waals surface area (Å²) in [5.41, 5.74) is 2.10. The smallest absolute Gasteiger partial charge is 0.170 e. The van der Waals surface area contributed by atoms with Crippen LogP contribution in [0.3, 0.4) is 0 Å². The highest BCUT2D eigenvalue weighted by molar-refractivity contribution is 7.80. The number of rotatable bonds is 8. The van der Waals surface area contributed by atoms with Crippen LogP contribution in [0, 0.1) is 0 Å². The summed E-state index contributed by atoms with van der Waals surface area (Å²) in [5, 5.41) is 6.90. The van der Waals surface area contributed by atoms with Crippen LogP contribution in [-0.4, -0.2) is 25.4 Å². The summed E-state index contributed by atoms with van der Waals surface area (Å²) in [4.78, 5) is 0. The number of benzene rings is 2. The van der Waals surface area contributed by atoms with E-state index < -0.39 is 0 Å². The number of anilines is 1. The summed E-state index contributed by atoms with van der Waals surface area (Å²) in [6.07, 6.45) is 0.896. The van der Waals surface area contributed by atoms with Crippen LogP contribution in [0.5, 0.6) is 5.75 Å². The molecular formula is C18H22N2O2S. The lowest BCUT2D eigenvalue weighted by Crippen LogP contribution is -2.29. The highest BCUT2D eigenvalue weighted by Gasteiger charge is 1.99. The molecule has 0 aliphatic heterocycles. The van der Waals surface area contributed by atoms with Crippen LogP contribution in [0.25, 0.3) is 0 Å². The van der Waals surface area contributed by atoms with Crippen molar-refractivity contribution in [2.75, 3.05) is 25.6 Å². The standard InChI is InChI=1S/C18H22N2O2S/c1-21-17-10-5-9-16(13-17)20-18(23)19-11-6-12-22-14-15-7-3-2-4-8-15/h2-5,7-10,13H,6,11-12,14H2,1H3,(H2,19,20,23). The van der Waals surface area contributed by atoms with Crippen molar-refractivity contribution in [3.63, 3.8) is 0 Å². The molecule has 2 aromatic rings. The van der Waals surface area contributed by atoms with Gasteiger partial charge in [-0.05, 0) is 36.3 Å². The minimum atomic E-state index is 0.598. The van der Waals surface area contributed by atoms with E-state index in [1.54, 1.807) is 7.11 Å². The van der Waals surface area contributed by atoms with Crippen LogP contribution in [0.1, 0.15) is 12.0 Å². The average Bonchev–Trinajstić information content (AvgIpc) is 2.59. The SMILES string of the molecule is COc1cccc(NC(=S)NCCCOCc2ccccc2)c1. The van der Waals surface area contributed by atoms with E-state index in [1.165, 1.54) is 5.56 Å². The maximum absolute atomic E-state index is 5.63. The second-order valence-electron chi connectivity index (χ2n) is 5.00. The second kappa shape index (κ2) is 9.82. The summed E-state index contributed by atoms with van der Waals surface area (Å²) >= 11 is 5.27. The molecule has 0 heterocycles. The molecule has 0 bridgehead atoms. The highest BCUT2D eigenvalue weighted by Crippen LogP contribution is 2.16. The maximum atomic E-state index is 5.63. The Labute approximate surface area is 142 Å². The molecule has 0 saturated carbocycles. The number of hydrogen-bond acceptors (Lipinski definition) is 3. The molecule has 0 atom stereocenters. The van der Waals surface area contributed by atoms with E-state index in [2.05, 4.69) is 22.8 Å². The third-order valence-electron chi connectivity index (χ3n) is 3.19. The van der Waals surface area contributed by atoms with E-state index in [4.69, 9.17) is 21.7 Å². The Morgan fingerprint density at radius 1 is 1.09 bits per heavy atom. The number of ether oxygens (including phenoxy) is 2. The Morgan fingerprint density at radius 3 is 2.70 bits per heavy atom. The predicted molar refractivity (Wildman–Crippen MR) is 97.9 cm³/mol. The van der Waals surface area contributed by atoms with Gasteiger partial charge in [-0.25, -0.2) is 0 Å². The zero-order valence-electron chi connectivity index (χ0n) is 13.2. The first-order valence-electron chi connectivity index (χ1n) is 7.58. The summed E-state index contributed by atoms with van der Waals surface area (Å²) in [6, 6.07) is 17.8. The Hall–Kier alpha value is -2.11. The molecule has 0 saturated heterocycles. The van der Waals surface area contributed by atoms with Gasteiger partial charge in [0.2, 0.25) is 0 Å². The van der Waals surface area contributed by atoms with Crippen molar-refractivity contribution >= 4 is 23.0 Å². The lowest BCUT2D eigenvalue weighted by atomic mass is 10.2. The van der Waals surface area contributed by atoms with Gasteiger partial charge in [-0.15, -0.1) is 0 Å². The Balaban J connectivity index is 1.58. The number of hydrogen-bond donors (Lipinski definition) is 2. The molecule has 23 heavy (non-hydrogen) atoms. The molecule has 2 aromatic carbocycles. The normalized spacial score (nSPS) is 10.1. The van der Waals surface area contributed by atoms with Gasteiger partial charge in [-0.2, -0.15) is 0 Å². The van der Waals surface area contributed by atoms with Crippen LogP contribution < -0.4 is 15.4 Å². The van der Waals surface area contributed by atoms with Gasteiger partial charge in [0, 0.05) is 24.9 Å². The van der Waals surface area contributed by atoms with Crippen molar-refractivity contribution < 1.29 is 9.47 Å². The molecule has 122 valence electrons. The fraction of sp³-hybridized carbons (Fsp3) is 0.278. The van der Waals surface area contributed by atoms with Gasteiger partial charge in [0.25, 0.3) is 0 Å². The number of nitrogens with one attached hydrogen (secondary N) is 2. The average molecular weight is 330 g/mol. The molecule has 0 unspecified atom stereocenters. The number of methoxy groups -OCH3 is 1. The lowest BCUT2D eigenvalue weighted by Gasteiger charge is -2.11. The largest absolute Gasteiger partial charge is 0.497 e. The monoisotopic (exact) mass is 330 g/mol. The van der Waals surface area contributed by atoms with Crippen LogP contribution in [0.2, 0.25) is 0 Å². The summed E-state index contributed by atoms with van der Waals surface area (Å²) < 4.78 is 10.8. The lowest BCUT2D eigenvalue weighted by molar-refractivity contribution is 0.119. The summed E-state index contributed by atoms with van der Waals surface area (Å²) in [5.74, 6) is 0.798. The van der Waals surface area contributed by atoms with Gasteiger partial charge < -0.3 is 20.1 Å². The van der Waals surface area contributed by atoms with E-state index in [-0.39, 0.29) is 0 Å². The molecule has 0 fully saturated rings. The molecule has 0 spiro atoms. The van der Waals surface area contributed by atoms with Gasteiger partial charge in [0.15, 0.2) is 5.11 Å². The molecule has 2 rings (SSSR count). The minimum absolute atomic E-state index is 0.598. The van der Waals surface area contributed by atoms with E-state index in [0.717, 1.165) is 24.4 Å². The van der Waals surface area contributed by atoms with Gasteiger partial charge in [0.1, 0.15) is 5.75 Å². The first-order valence-corrected chi connectivity index (χ1v) is 7.99. The molecule has 0 aliphatic rings. The van der Waals surface area contributed by atoms with Crippen molar-refractivity contribution in [2.24, 2.45) is 0 Å². The molecular weight excluding hydrogens is 308 g/mol. The fourth-order valence-electron chi connectivity index (χ4n) is 2.02. The third kappa shape index (κ3) is 6.67. The minimum Gasteiger partial charge on any atom is -0.497 e. The maximum Gasteiger partial charge on any atom is 0.170 e. The molecule has 2 N–H and O–H groups in total. The van der Waals surface area contributed by atoms with E-state index >= 15 is 0 Å².